The summed E-state index contributed by atoms with van der Waals surface area (Å²) in [7, 11) is 3.53. The highest BCUT2D eigenvalue weighted by Crippen LogP contribution is 2.16. The molecule has 0 aliphatic carbocycles. The second kappa shape index (κ2) is 7.56. The molecule has 0 aliphatic heterocycles. The Labute approximate surface area is 97.7 Å². The molecule has 0 spiro atoms. The van der Waals surface area contributed by atoms with Crippen molar-refractivity contribution in [2.75, 3.05) is 28.4 Å². The summed E-state index contributed by atoms with van der Waals surface area (Å²) in [6.45, 7) is 1.71. The highest BCUT2D eigenvalue weighted by atomic mass is 28.4. The van der Waals surface area contributed by atoms with Crippen molar-refractivity contribution in [1.82, 2.24) is 0 Å². The van der Waals surface area contributed by atoms with Gasteiger partial charge in [-0.1, -0.05) is 6.08 Å². The van der Waals surface area contributed by atoms with Crippen LogP contribution >= 0.6 is 0 Å². The van der Waals surface area contributed by atoms with Crippen LogP contribution in [0.3, 0.4) is 0 Å². The number of carbonyl (C=O) groups is 1. The van der Waals surface area contributed by atoms with Gasteiger partial charge in [-0.25, -0.2) is 4.79 Å². The second-order valence-corrected chi connectivity index (χ2v) is 6.30. The first kappa shape index (κ1) is 15.3. The minimum absolute atomic E-state index is 0.320. The van der Waals surface area contributed by atoms with Crippen LogP contribution in [0.15, 0.2) is 11.6 Å². The van der Waals surface area contributed by atoms with E-state index >= 15 is 0 Å². The average Bonchev–Trinajstić information content (AvgIpc) is 2.34. The van der Waals surface area contributed by atoms with Gasteiger partial charge >= 0.3 is 14.8 Å². The molecule has 0 N–H and O–H groups in total. The van der Waals surface area contributed by atoms with Gasteiger partial charge in [0.25, 0.3) is 0 Å². The van der Waals surface area contributed by atoms with Crippen LogP contribution in [0.2, 0.25) is 6.04 Å². The van der Waals surface area contributed by atoms with Crippen molar-refractivity contribution >= 4 is 14.8 Å². The van der Waals surface area contributed by atoms with Crippen molar-refractivity contribution in [1.29, 1.82) is 0 Å². The largest absolute Gasteiger partial charge is 0.500 e. The smallest absolute Gasteiger partial charge is 0.466 e. The molecule has 0 radical (unpaired) electrons. The molecule has 5 nitrogen and oxygen atoms in total. The van der Waals surface area contributed by atoms with Crippen molar-refractivity contribution in [3.05, 3.63) is 11.6 Å². The van der Waals surface area contributed by atoms with E-state index in [1.807, 2.05) is 0 Å². The number of allylic oxidation sites excluding steroid dienone is 1. The van der Waals surface area contributed by atoms with Gasteiger partial charge in [-0.15, -0.1) is 0 Å². The molecule has 0 saturated carbocycles. The molecular weight excluding hydrogens is 228 g/mol. The molecule has 0 aromatic carbocycles. The minimum atomic E-state index is -2.53. The van der Waals surface area contributed by atoms with Crippen molar-refractivity contribution in [2.24, 2.45) is 0 Å². The summed E-state index contributed by atoms with van der Waals surface area (Å²) < 4.78 is 20.3. The van der Waals surface area contributed by atoms with Crippen LogP contribution in [0, 0.1) is 0 Å². The molecule has 0 atom stereocenters. The maximum absolute atomic E-state index is 11.1. The molecule has 0 bridgehead atoms. The highest BCUT2D eigenvalue weighted by Gasteiger charge is 2.36. The van der Waals surface area contributed by atoms with Crippen LogP contribution in [0.4, 0.5) is 0 Å². The van der Waals surface area contributed by atoms with Gasteiger partial charge in [0.05, 0.1) is 7.11 Å². The van der Waals surface area contributed by atoms with Crippen LogP contribution in [-0.2, 0) is 22.8 Å². The zero-order valence-corrected chi connectivity index (χ0v) is 11.5. The first-order chi connectivity index (χ1) is 7.55. The summed E-state index contributed by atoms with van der Waals surface area (Å²) in [5, 5.41) is 0. The zero-order valence-electron chi connectivity index (χ0n) is 10.5. The Hall–Kier alpha value is -0.693. The fourth-order valence-electron chi connectivity index (χ4n) is 1.27. The minimum Gasteiger partial charge on any atom is -0.466 e. The third-order valence-corrected chi connectivity index (χ3v) is 5.11. The van der Waals surface area contributed by atoms with Crippen LogP contribution in [0.25, 0.3) is 0 Å². The predicted octanol–water partition coefficient (Wildman–Crippen LogP) is 1.37. The summed E-state index contributed by atoms with van der Waals surface area (Å²) >= 11 is 0. The second-order valence-electron chi connectivity index (χ2n) is 3.21. The molecule has 0 amide bonds. The number of esters is 1. The first-order valence-electron chi connectivity index (χ1n) is 4.95. The van der Waals surface area contributed by atoms with Crippen LogP contribution in [0.1, 0.15) is 13.3 Å². The van der Waals surface area contributed by atoms with Crippen molar-refractivity contribution in [3.63, 3.8) is 0 Å². The molecule has 6 heteroatoms. The Morgan fingerprint density at radius 1 is 1.12 bits per heavy atom. The molecule has 0 saturated heterocycles. The fourth-order valence-corrected chi connectivity index (χ4v) is 2.88. The van der Waals surface area contributed by atoms with Gasteiger partial charge in [0, 0.05) is 32.9 Å². The van der Waals surface area contributed by atoms with Gasteiger partial charge in [0.15, 0.2) is 0 Å². The van der Waals surface area contributed by atoms with E-state index in [4.69, 9.17) is 13.3 Å². The topological polar surface area (TPSA) is 54.0 Å². The van der Waals surface area contributed by atoms with E-state index in [1.165, 1.54) is 7.11 Å². The highest BCUT2D eigenvalue weighted by molar-refractivity contribution is 6.60. The summed E-state index contributed by atoms with van der Waals surface area (Å²) in [5.74, 6) is -0.320. The lowest BCUT2D eigenvalue weighted by atomic mass is 10.2. The predicted molar refractivity (Wildman–Crippen MR) is 62.0 cm³/mol. The summed E-state index contributed by atoms with van der Waals surface area (Å²) in [4.78, 5) is 11.1. The van der Waals surface area contributed by atoms with Crippen LogP contribution in [-0.4, -0.2) is 43.2 Å². The summed E-state index contributed by atoms with van der Waals surface area (Å²) in [5.41, 5.74) is 0.578. The van der Waals surface area contributed by atoms with Gasteiger partial charge in [-0.05, 0) is 13.3 Å². The first-order valence-corrected chi connectivity index (χ1v) is 6.89. The Kier molecular flexibility index (Phi) is 7.23. The van der Waals surface area contributed by atoms with Crippen molar-refractivity contribution in [2.45, 2.75) is 19.4 Å². The Bertz CT molecular complexity index is 239. The van der Waals surface area contributed by atoms with Gasteiger partial charge in [-0.3, -0.25) is 0 Å². The lowest BCUT2D eigenvalue weighted by Gasteiger charge is -2.23. The third-order valence-electron chi connectivity index (χ3n) is 2.34. The van der Waals surface area contributed by atoms with Crippen LogP contribution in [0.5, 0.6) is 0 Å². The standard InChI is InChI=1S/C10H20O5Si/c1-9(10(11)12-2)7-6-8-16(13-3,14-4)15-5/h7H,6,8H2,1-5H3/b9-7+. The van der Waals surface area contributed by atoms with E-state index in [-0.39, 0.29) is 5.97 Å². The molecule has 0 aromatic rings. The zero-order chi connectivity index (χ0) is 12.6. The normalized spacial score (nSPS) is 12.7. The van der Waals surface area contributed by atoms with E-state index in [0.29, 0.717) is 18.0 Å². The molecule has 0 heterocycles. The van der Waals surface area contributed by atoms with E-state index in [2.05, 4.69) is 4.74 Å². The third kappa shape index (κ3) is 4.44. The molecule has 94 valence electrons. The maximum atomic E-state index is 11.1. The van der Waals surface area contributed by atoms with Crippen LogP contribution < -0.4 is 0 Å². The quantitative estimate of drug-likeness (QED) is 0.387. The number of carbonyl (C=O) groups excluding carboxylic acids is 1. The molecule has 0 aliphatic rings. The van der Waals surface area contributed by atoms with E-state index in [0.717, 1.165) is 0 Å². The van der Waals surface area contributed by atoms with Crippen molar-refractivity contribution < 1.29 is 22.8 Å². The number of rotatable bonds is 7. The molecule has 16 heavy (non-hydrogen) atoms. The van der Waals surface area contributed by atoms with Gasteiger partial charge in [0.1, 0.15) is 0 Å². The number of hydrogen-bond acceptors (Lipinski definition) is 5. The molecule has 0 aromatic heterocycles. The van der Waals surface area contributed by atoms with Gasteiger partial charge < -0.3 is 18.0 Å². The summed E-state index contributed by atoms with van der Waals surface area (Å²) in [6, 6.07) is 0.630. The van der Waals surface area contributed by atoms with E-state index < -0.39 is 8.80 Å². The average molecular weight is 248 g/mol. The van der Waals surface area contributed by atoms with Crippen molar-refractivity contribution in [3.8, 4) is 0 Å². The van der Waals surface area contributed by atoms with E-state index in [9.17, 15) is 4.79 Å². The molecule has 0 unspecified atom stereocenters. The number of ether oxygens (including phenoxy) is 1. The number of hydrogen-bond donors (Lipinski definition) is 0. The SMILES string of the molecule is COC(=O)/C(C)=C/CC[Si](OC)(OC)OC. The maximum Gasteiger partial charge on any atom is 0.500 e. The fraction of sp³-hybridized carbons (Fsp3) is 0.700. The Morgan fingerprint density at radius 3 is 2.00 bits per heavy atom. The lowest BCUT2D eigenvalue weighted by molar-refractivity contribution is -0.136. The summed E-state index contributed by atoms with van der Waals surface area (Å²) in [6.07, 6.45) is 2.45. The Morgan fingerprint density at radius 2 is 1.62 bits per heavy atom. The molecule has 0 rings (SSSR count). The molecule has 0 fully saturated rings. The number of methoxy groups -OCH3 is 1. The lowest BCUT2D eigenvalue weighted by Crippen LogP contribution is -2.42. The van der Waals surface area contributed by atoms with Gasteiger partial charge in [0.2, 0.25) is 0 Å². The monoisotopic (exact) mass is 248 g/mol. The Balaban J connectivity index is 4.28. The molecular formula is C10H20O5Si. The van der Waals surface area contributed by atoms with Gasteiger partial charge in [-0.2, -0.15) is 0 Å². The van der Waals surface area contributed by atoms with E-state index in [1.54, 1.807) is 34.3 Å².